The zero-order chi connectivity index (χ0) is 26.0. The first-order valence-corrected chi connectivity index (χ1v) is 12.5. The Morgan fingerprint density at radius 1 is 1.14 bits per heavy atom. The van der Waals surface area contributed by atoms with Crippen molar-refractivity contribution in [3.8, 4) is 5.75 Å². The molecule has 36 heavy (non-hydrogen) atoms. The predicted octanol–water partition coefficient (Wildman–Crippen LogP) is 4.27. The van der Waals surface area contributed by atoms with Gasteiger partial charge in [-0.3, -0.25) is 9.36 Å². The molecule has 0 fully saturated rings. The number of rotatable bonds is 6. The Morgan fingerprint density at radius 3 is 2.39 bits per heavy atom. The van der Waals surface area contributed by atoms with Gasteiger partial charge in [-0.1, -0.05) is 81.2 Å². The quantitative estimate of drug-likeness (QED) is 0.373. The second-order valence-corrected chi connectivity index (χ2v) is 10.6. The van der Waals surface area contributed by atoms with E-state index in [2.05, 4.69) is 44.5 Å². The Bertz CT molecular complexity index is 1500. The number of hydrogen-bond acceptors (Lipinski definition) is 6. The first-order chi connectivity index (χ1) is 17.1. The first kappa shape index (κ1) is 25.4. The number of benzene rings is 2. The van der Waals surface area contributed by atoms with Gasteiger partial charge < -0.3 is 9.47 Å². The van der Waals surface area contributed by atoms with Crippen LogP contribution in [-0.2, 0) is 14.9 Å². The number of hydrogen-bond donors (Lipinski definition) is 0. The van der Waals surface area contributed by atoms with Gasteiger partial charge in [0.15, 0.2) is 4.80 Å². The van der Waals surface area contributed by atoms with Gasteiger partial charge in [0.05, 0.1) is 29.0 Å². The largest absolute Gasteiger partial charge is 0.497 e. The van der Waals surface area contributed by atoms with Crippen molar-refractivity contribution in [1.82, 2.24) is 4.57 Å². The minimum Gasteiger partial charge on any atom is -0.497 e. The lowest BCUT2D eigenvalue weighted by molar-refractivity contribution is -0.138. The molecule has 1 unspecified atom stereocenters. The number of allylic oxidation sites excluding steroid dienone is 1. The lowest BCUT2D eigenvalue weighted by atomic mass is 9.87. The number of carbonyl (C=O) groups is 1. The maximum absolute atomic E-state index is 13.7. The van der Waals surface area contributed by atoms with Gasteiger partial charge in [0, 0.05) is 0 Å². The van der Waals surface area contributed by atoms with E-state index in [1.54, 1.807) is 18.6 Å². The molecule has 1 aromatic heterocycles. The fourth-order valence-electron chi connectivity index (χ4n) is 4.13. The Hall–Kier alpha value is -3.71. The van der Waals surface area contributed by atoms with Crippen molar-refractivity contribution < 1.29 is 14.3 Å². The molecule has 2 aromatic carbocycles. The minimum atomic E-state index is -0.671. The molecule has 0 radical (unpaired) electrons. The Labute approximate surface area is 214 Å². The highest BCUT2D eigenvalue weighted by atomic mass is 32.1. The summed E-state index contributed by atoms with van der Waals surface area (Å²) in [5, 5.41) is 0. The van der Waals surface area contributed by atoms with Crippen LogP contribution in [0.5, 0.6) is 5.75 Å². The molecule has 0 saturated carbocycles. The van der Waals surface area contributed by atoms with Gasteiger partial charge in [0.2, 0.25) is 0 Å². The number of methoxy groups -OCH3 is 1. The van der Waals surface area contributed by atoms with E-state index in [0.29, 0.717) is 26.4 Å². The lowest BCUT2D eigenvalue weighted by Crippen LogP contribution is -2.39. The molecule has 1 aliphatic rings. The maximum atomic E-state index is 13.7. The zero-order valence-corrected chi connectivity index (χ0v) is 22.0. The third kappa shape index (κ3) is 4.97. The van der Waals surface area contributed by atoms with E-state index in [4.69, 9.17) is 9.47 Å². The number of thiazole rings is 1. The van der Waals surface area contributed by atoms with E-state index in [0.717, 1.165) is 11.1 Å². The summed E-state index contributed by atoms with van der Waals surface area (Å²) in [6.07, 6.45) is 3.38. The Balaban J connectivity index is 1.87. The highest BCUT2D eigenvalue weighted by Gasteiger charge is 2.33. The van der Waals surface area contributed by atoms with Crippen LogP contribution in [0.15, 0.2) is 82.2 Å². The van der Waals surface area contributed by atoms with E-state index >= 15 is 0 Å². The molecule has 6 nitrogen and oxygen atoms in total. The molecule has 186 valence electrons. The number of aromatic nitrogens is 1. The average molecular weight is 503 g/mol. The molecule has 2 heterocycles. The molecule has 0 spiro atoms. The van der Waals surface area contributed by atoms with Crippen LogP contribution >= 0.6 is 11.3 Å². The summed E-state index contributed by atoms with van der Waals surface area (Å²) in [5.74, 6) is 0.158. The molecular formula is C29H30N2O4S. The summed E-state index contributed by atoms with van der Waals surface area (Å²) >= 11 is 1.31. The number of nitrogens with zero attached hydrogens (tertiary/aromatic N) is 2. The van der Waals surface area contributed by atoms with Crippen molar-refractivity contribution in [2.75, 3.05) is 13.7 Å². The van der Waals surface area contributed by atoms with E-state index in [1.165, 1.54) is 23.0 Å². The highest BCUT2D eigenvalue weighted by molar-refractivity contribution is 7.07. The molecule has 0 aliphatic carbocycles. The van der Waals surface area contributed by atoms with Crippen molar-refractivity contribution in [1.29, 1.82) is 0 Å². The van der Waals surface area contributed by atoms with Crippen LogP contribution in [0.3, 0.4) is 0 Å². The summed E-state index contributed by atoms with van der Waals surface area (Å²) in [6, 6.07) is 14.9. The molecule has 0 bridgehead atoms. The second kappa shape index (κ2) is 10.1. The SMILES string of the molecule is C=CCOC(=O)C1=C(C)N=c2s/c(=C\c3ccc(C(C)(C)C)cc3)c(=O)n2C1c1ccc(OC)cc1. The Kier molecular flexibility index (Phi) is 7.13. The van der Waals surface area contributed by atoms with Crippen molar-refractivity contribution in [3.63, 3.8) is 0 Å². The Morgan fingerprint density at radius 2 is 1.81 bits per heavy atom. The second-order valence-electron chi connectivity index (χ2n) is 9.61. The highest BCUT2D eigenvalue weighted by Crippen LogP contribution is 2.31. The molecule has 7 heteroatoms. The van der Waals surface area contributed by atoms with E-state index < -0.39 is 12.0 Å². The molecule has 4 rings (SSSR count). The van der Waals surface area contributed by atoms with Gasteiger partial charge in [0.25, 0.3) is 5.56 Å². The number of ether oxygens (including phenoxy) is 2. The van der Waals surface area contributed by atoms with Crippen molar-refractivity contribution >= 4 is 23.4 Å². The molecule has 3 aromatic rings. The van der Waals surface area contributed by atoms with Crippen LogP contribution < -0.4 is 19.6 Å². The lowest BCUT2D eigenvalue weighted by Gasteiger charge is -2.24. The van der Waals surface area contributed by atoms with Gasteiger partial charge in [-0.25, -0.2) is 9.79 Å². The molecule has 0 saturated heterocycles. The minimum absolute atomic E-state index is 0.0460. The summed E-state index contributed by atoms with van der Waals surface area (Å²) in [6.45, 7) is 12.0. The van der Waals surface area contributed by atoms with Crippen molar-refractivity contribution in [2.24, 2.45) is 4.99 Å². The van der Waals surface area contributed by atoms with Crippen LogP contribution in [0.4, 0.5) is 0 Å². The maximum Gasteiger partial charge on any atom is 0.338 e. The van der Waals surface area contributed by atoms with E-state index in [-0.39, 0.29) is 17.6 Å². The summed E-state index contributed by atoms with van der Waals surface area (Å²) in [4.78, 5) is 31.9. The first-order valence-electron chi connectivity index (χ1n) is 11.7. The summed E-state index contributed by atoms with van der Waals surface area (Å²) in [7, 11) is 1.59. The number of esters is 1. The molecule has 0 N–H and O–H groups in total. The van der Waals surface area contributed by atoms with Crippen LogP contribution in [0.1, 0.15) is 50.4 Å². The average Bonchev–Trinajstić information content (AvgIpc) is 3.15. The zero-order valence-electron chi connectivity index (χ0n) is 21.2. The van der Waals surface area contributed by atoms with Crippen molar-refractivity contribution in [2.45, 2.75) is 39.2 Å². The van der Waals surface area contributed by atoms with E-state index in [1.807, 2.05) is 42.5 Å². The molecule has 1 atom stereocenters. The molecule has 0 amide bonds. The smallest absolute Gasteiger partial charge is 0.338 e. The van der Waals surface area contributed by atoms with Crippen molar-refractivity contribution in [3.05, 3.63) is 109 Å². The van der Waals surface area contributed by atoms with Gasteiger partial charge in [-0.15, -0.1) is 0 Å². The number of carbonyl (C=O) groups excluding carboxylic acids is 1. The summed E-state index contributed by atoms with van der Waals surface area (Å²) in [5.41, 5.74) is 3.60. The van der Waals surface area contributed by atoms with Crippen LogP contribution in [-0.4, -0.2) is 24.3 Å². The topological polar surface area (TPSA) is 69.9 Å². The van der Waals surface area contributed by atoms with Gasteiger partial charge >= 0.3 is 5.97 Å². The standard InChI is InChI=1S/C29H30N2O4S/c1-7-16-35-27(33)24-18(2)30-28-31(25(24)20-10-14-22(34-6)15-11-20)26(32)23(36-28)17-19-8-12-21(13-9-19)29(3,4)5/h7-15,17,25H,1,16H2,2-6H3/b23-17-. The van der Waals surface area contributed by atoms with Gasteiger partial charge in [-0.2, -0.15) is 0 Å². The summed E-state index contributed by atoms with van der Waals surface area (Å²) < 4.78 is 12.8. The van der Waals surface area contributed by atoms with Gasteiger partial charge in [0.1, 0.15) is 12.4 Å². The fourth-order valence-corrected chi connectivity index (χ4v) is 5.17. The van der Waals surface area contributed by atoms with Crippen LogP contribution in [0, 0.1) is 0 Å². The third-order valence-electron chi connectivity index (χ3n) is 6.08. The molecule has 1 aliphatic heterocycles. The number of fused-ring (bicyclic) bond motifs is 1. The predicted molar refractivity (Wildman–Crippen MR) is 143 cm³/mol. The van der Waals surface area contributed by atoms with E-state index in [9.17, 15) is 9.59 Å². The van der Waals surface area contributed by atoms with Gasteiger partial charge in [-0.05, 0) is 47.2 Å². The monoisotopic (exact) mass is 502 g/mol. The normalized spacial score (nSPS) is 15.8. The van der Waals surface area contributed by atoms with Crippen LogP contribution in [0.2, 0.25) is 0 Å². The van der Waals surface area contributed by atoms with Crippen LogP contribution in [0.25, 0.3) is 6.08 Å². The molecular weight excluding hydrogens is 472 g/mol. The third-order valence-corrected chi connectivity index (χ3v) is 7.06. The fraction of sp³-hybridized carbons (Fsp3) is 0.276.